The number of amides is 1. The average molecular weight is 284 g/mol. The summed E-state index contributed by atoms with van der Waals surface area (Å²) in [5, 5.41) is 14.2. The predicted molar refractivity (Wildman–Crippen MR) is 81.8 cm³/mol. The van der Waals surface area contributed by atoms with Crippen LogP contribution in [0.4, 0.5) is 17.1 Å². The number of hydrogen-bond acceptors (Lipinski definition) is 3. The zero-order valence-electron chi connectivity index (χ0n) is 11.6. The van der Waals surface area contributed by atoms with Crippen molar-refractivity contribution in [1.82, 2.24) is 0 Å². The standard InChI is InChI=1S/C16H16N2O3/c1-2-11-7-9-12(10-8-11)17-13-5-3-4-6-14(13)18-15(19)16(20)21/h3-10,17H,2H2,1H3,(H,18,19)(H,20,21). The molecule has 0 aliphatic carbocycles. The number of anilines is 3. The van der Waals surface area contributed by atoms with Crippen molar-refractivity contribution in [1.29, 1.82) is 0 Å². The lowest BCUT2D eigenvalue weighted by atomic mass is 10.1. The second-order valence-corrected chi connectivity index (χ2v) is 4.48. The molecule has 3 N–H and O–H groups in total. The maximum Gasteiger partial charge on any atom is 0.394 e. The van der Waals surface area contributed by atoms with Crippen LogP contribution in [-0.2, 0) is 16.0 Å². The van der Waals surface area contributed by atoms with Crippen molar-refractivity contribution < 1.29 is 14.7 Å². The Hall–Kier alpha value is -2.82. The summed E-state index contributed by atoms with van der Waals surface area (Å²) in [6.45, 7) is 2.08. The molecule has 0 aliphatic rings. The van der Waals surface area contributed by atoms with Crippen LogP contribution in [0.25, 0.3) is 0 Å². The molecular formula is C16H16N2O3. The van der Waals surface area contributed by atoms with Gasteiger partial charge < -0.3 is 15.7 Å². The quantitative estimate of drug-likeness (QED) is 0.754. The van der Waals surface area contributed by atoms with E-state index in [-0.39, 0.29) is 0 Å². The molecule has 0 heterocycles. The fraction of sp³-hybridized carbons (Fsp3) is 0.125. The molecule has 5 nitrogen and oxygen atoms in total. The molecule has 2 aromatic carbocycles. The van der Waals surface area contributed by atoms with Gasteiger partial charge >= 0.3 is 11.9 Å². The number of carbonyl (C=O) groups excluding carboxylic acids is 1. The van der Waals surface area contributed by atoms with Gasteiger partial charge in [0.05, 0.1) is 11.4 Å². The van der Waals surface area contributed by atoms with Crippen LogP contribution < -0.4 is 10.6 Å². The highest BCUT2D eigenvalue weighted by molar-refractivity contribution is 6.36. The molecule has 0 saturated carbocycles. The number of para-hydroxylation sites is 2. The van der Waals surface area contributed by atoms with Gasteiger partial charge in [0.25, 0.3) is 0 Å². The lowest BCUT2D eigenvalue weighted by molar-refractivity contribution is -0.147. The van der Waals surface area contributed by atoms with Gasteiger partial charge in [-0.2, -0.15) is 0 Å². The number of carboxylic acid groups (broad SMARTS) is 1. The minimum absolute atomic E-state index is 0.421. The summed E-state index contributed by atoms with van der Waals surface area (Å²) in [5.74, 6) is -2.58. The molecule has 2 rings (SSSR count). The van der Waals surface area contributed by atoms with Gasteiger partial charge in [0.15, 0.2) is 0 Å². The molecule has 0 spiro atoms. The van der Waals surface area contributed by atoms with Crippen LogP contribution >= 0.6 is 0 Å². The number of carboxylic acids is 1. The molecule has 108 valence electrons. The Balaban J connectivity index is 2.19. The van der Waals surface area contributed by atoms with Gasteiger partial charge in [-0.1, -0.05) is 31.2 Å². The van der Waals surface area contributed by atoms with E-state index in [1.807, 2.05) is 24.3 Å². The van der Waals surface area contributed by atoms with Crippen LogP contribution in [0.5, 0.6) is 0 Å². The van der Waals surface area contributed by atoms with Gasteiger partial charge in [0.1, 0.15) is 0 Å². The summed E-state index contributed by atoms with van der Waals surface area (Å²) >= 11 is 0. The first-order valence-corrected chi connectivity index (χ1v) is 6.59. The summed E-state index contributed by atoms with van der Waals surface area (Å²) < 4.78 is 0. The Bertz CT molecular complexity index is 651. The van der Waals surface area contributed by atoms with Crippen LogP contribution in [-0.4, -0.2) is 17.0 Å². The first kappa shape index (κ1) is 14.6. The number of carbonyl (C=O) groups is 2. The fourth-order valence-electron chi connectivity index (χ4n) is 1.86. The van der Waals surface area contributed by atoms with Crippen LogP contribution in [0.1, 0.15) is 12.5 Å². The average Bonchev–Trinajstić information content (AvgIpc) is 2.50. The molecule has 2 aromatic rings. The van der Waals surface area contributed by atoms with E-state index in [9.17, 15) is 9.59 Å². The third-order valence-electron chi connectivity index (χ3n) is 3.01. The minimum Gasteiger partial charge on any atom is -0.474 e. The largest absolute Gasteiger partial charge is 0.474 e. The SMILES string of the molecule is CCc1ccc(Nc2ccccc2NC(=O)C(=O)O)cc1. The highest BCUT2D eigenvalue weighted by Crippen LogP contribution is 2.25. The monoisotopic (exact) mass is 284 g/mol. The summed E-state index contributed by atoms with van der Waals surface area (Å²) in [4.78, 5) is 21.9. The molecule has 0 radical (unpaired) electrons. The molecule has 0 saturated heterocycles. The van der Waals surface area contributed by atoms with E-state index in [1.165, 1.54) is 5.56 Å². The molecule has 0 atom stereocenters. The zero-order valence-corrected chi connectivity index (χ0v) is 11.6. The lowest BCUT2D eigenvalue weighted by Gasteiger charge is -2.12. The van der Waals surface area contributed by atoms with Gasteiger partial charge in [-0.15, -0.1) is 0 Å². The summed E-state index contributed by atoms with van der Waals surface area (Å²) in [6, 6.07) is 14.8. The van der Waals surface area contributed by atoms with E-state index in [0.717, 1.165) is 12.1 Å². The molecular weight excluding hydrogens is 268 g/mol. The molecule has 1 amide bonds. The normalized spacial score (nSPS) is 9.95. The van der Waals surface area contributed by atoms with E-state index >= 15 is 0 Å². The summed E-state index contributed by atoms with van der Waals surface area (Å²) in [7, 11) is 0. The predicted octanol–water partition coefficient (Wildman–Crippen LogP) is 3.02. The first-order valence-electron chi connectivity index (χ1n) is 6.59. The maximum absolute atomic E-state index is 11.3. The van der Waals surface area contributed by atoms with E-state index < -0.39 is 11.9 Å². The molecule has 0 fully saturated rings. The smallest absolute Gasteiger partial charge is 0.394 e. The van der Waals surface area contributed by atoms with E-state index in [4.69, 9.17) is 5.11 Å². The van der Waals surface area contributed by atoms with Gasteiger partial charge in [0.2, 0.25) is 0 Å². The zero-order chi connectivity index (χ0) is 15.2. The van der Waals surface area contributed by atoms with Gasteiger partial charge in [-0.05, 0) is 36.2 Å². The third kappa shape index (κ3) is 3.82. The van der Waals surface area contributed by atoms with E-state index in [0.29, 0.717) is 11.4 Å². The number of aliphatic carboxylic acids is 1. The van der Waals surface area contributed by atoms with Crippen molar-refractivity contribution in [3.8, 4) is 0 Å². The summed E-state index contributed by atoms with van der Waals surface area (Å²) in [5.41, 5.74) is 3.15. The lowest BCUT2D eigenvalue weighted by Crippen LogP contribution is -2.22. The van der Waals surface area contributed by atoms with Crippen molar-refractivity contribution in [3.05, 3.63) is 54.1 Å². The highest BCUT2D eigenvalue weighted by atomic mass is 16.4. The van der Waals surface area contributed by atoms with Gasteiger partial charge in [-0.3, -0.25) is 4.79 Å². The van der Waals surface area contributed by atoms with Crippen molar-refractivity contribution in [2.75, 3.05) is 10.6 Å². The number of rotatable bonds is 4. The molecule has 0 unspecified atom stereocenters. The molecule has 5 heteroatoms. The van der Waals surface area contributed by atoms with Gasteiger partial charge in [-0.25, -0.2) is 4.79 Å². The number of benzene rings is 2. The molecule has 21 heavy (non-hydrogen) atoms. The molecule has 0 bridgehead atoms. The van der Waals surface area contributed by atoms with Crippen molar-refractivity contribution in [2.45, 2.75) is 13.3 Å². The van der Waals surface area contributed by atoms with Crippen molar-refractivity contribution >= 4 is 28.9 Å². The second kappa shape index (κ2) is 6.56. The molecule has 0 aliphatic heterocycles. The van der Waals surface area contributed by atoms with Crippen LogP contribution in [0.15, 0.2) is 48.5 Å². The Kier molecular flexibility index (Phi) is 4.56. The molecule has 0 aromatic heterocycles. The minimum atomic E-state index is -1.52. The van der Waals surface area contributed by atoms with Crippen LogP contribution in [0.3, 0.4) is 0 Å². The van der Waals surface area contributed by atoms with E-state index in [1.54, 1.807) is 24.3 Å². The highest BCUT2D eigenvalue weighted by Gasteiger charge is 2.13. The Morgan fingerprint density at radius 2 is 1.62 bits per heavy atom. The second-order valence-electron chi connectivity index (χ2n) is 4.48. The van der Waals surface area contributed by atoms with Gasteiger partial charge in [0, 0.05) is 5.69 Å². The summed E-state index contributed by atoms with van der Waals surface area (Å²) in [6.07, 6.45) is 0.964. The van der Waals surface area contributed by atoms with E-state index in [2.05, 4.69) is 17.6 Å². The Morgan fingerprint density at radius 3 is 2.19 bits per heavy atom. The topological polar surface area (TPSA) is 78.4 Å². The Labute approximate surface area is 122 Å². The number of aryl methyl sites for hydroxylation is 1. The third-order valence-corrected chi connectivity index (χ3v) is 3.01. The van der Waals surface area contributed by atoms with Crippen molar-refractivity contribution in [3.63, 3.8) is 0 Å². The van der Waals surface area contributed by atoms with Crippen LogP contribution in [0.2, 0.25) is 0 Å². The Morgan fingerprint density at radius 1 is 1.00 bits per heavy atom. The van der Waals surface area contributed by atoms with Crippen LogP contribution in [0, 0.1) is 0 Å². The fourth-order valence-corrected chi connectivity index (χ4v) is 1.86. The maximum atomic E-state index is 11.3. The van der Waals surface area contributed by atoms with Crippen molar-refractivity contribution in [2.24, 2.45) is 0 Å². The first-order chi connectivity index (χ1) is 10.1. The number of nitrogens with one attached hydrogen (secondary N) is 2. The number of hydrogen-bond donors (Lipinski definition) is 3.